The number of likely N-dealkylation sites (tertiary alicyclic amines) is 1. The zero-order chi connectivity index (χ0) is 13.1. The lowest BCUT2D eigenvalue weighted by Crippen LogP contribution is -2.30. The minimum Gasteiger partial charge on any atom is -0.387 e. The van der Waals surface area contributed by atoms with Gasteiger partial charge in [0.1, 0.15) is 0 Å². The number of aliphatic hydroxyl groups excluding tert-OH is 1. The summed E-state index contributed by atoms with van der Waals surface area (Å²) in [7, 11) is 0. The zero-order valence-electron chi connectivity index (χ0n) is 11.1. The van der Waals surface area contributed by atoms with Crippen LogP contribution in [0.4, 0.5) is 0 Å². The van der Waals surface area contributed by atoms with Crippen LogP contribution in [0.1, 0.15) is 37.0 Å². The molecule has 1 N–H and O–H groups in total. The molecule has 3 heteroatoms. The lowest BCUT2D eigenvalue weighted by atomic mass is 10.1. The van der Waals surface area contributed by atoms with E-state index in [9.17, 15) is 9.90 Å². The summed E-state index contributed by atoms with van der Waals surface area (Å²) in [6.07, 6.45) is 1.09. The van der Waals surface area contributed by atoms with Crippen molar-refractivity contribution in [2.75, 3.05) is 13.1 Å². The number of carbonyl (C=O) groups excluding carboxylic acids is 1. The molecule has 1 aromatic carbocycles. The van der Waals surface area contributed by atoms with Crippen LogP contribution in [-0.4, -0.2) is 29.0 Å². The van der Waals surface area contributed by atoms with Gasteiger partial charge in [-0.15, -0.1) is 0 Å². The van der Waals surface area contributed by atoms with Crippen molar-refractivity contribution < 1.29 is 9.90 Å². The Morgan fingerprint density at radius 2 is 2.28 bits per heavy atom. The highest BCUT2D eigenvalue weighted by molar-refractivity contribution is 5.78. The van der Waals surface area contributed by atoms with Crippen LogP contribution in [0.5, 0.6) is 0 Å². The minimum absolute atomic E-state index is 0.175. The molecule has 2 unspecified atom stereocenters. The number of hydrogen-bond acceptors (Lipinski definition) is 2. The molecule has 98 valence electrons. The summed E-state index contributed by atoms with van der Waals surface area (Å²) >= 11 is 0. The van der Waals surface area contributed by atoms with Crippen LogP contribution in [0.25, 0.3) is 0 Å². The molecule has 0 aliphatic carbocycles. The summed E-state index contributed by atoms with van der Waals surface area (Å²) in [6.45, 7) is 5.32. The monoisotopic (exact) mass is 247 g/mol. The van der Waals surface area contributed by atoms with Gasteiger partial charge < -0.3 is 10.0 Å². The molecule has 3 nitrogen and oxygen atoms in total. The summed E-state index contributed by atoms with van der Waals surface area (Å²) in [5.74, 6) is 0.635. The Kier molecular flexibility index (Phi) is 4.02. The van der Waals surface area contributed by atoms with Gasteiger partial charge in [-0.2, -0.15) is 0 Å². The number of β-amino-alcohol motifs (C(OH)–C–C–N with tert-alkyl or cyclic N) is 1. The van der Waals surface area contributed by atoms with E-state index in [1.165, 1.54) is 0 Å². The number of rotatable bonds is 4. The first kappa shape index (κ1) is 13.1. The fourth-order valence-electron chi connectivity index (χ4n) is 2.50. The third-order valence-electron chi connectivity index (χ3n) is 3.69. The molecule has 0 bridgehead atoms. The molecule has 1 fully saturated rings. The van der Waals surface area contributed by atoms with E-state index >= 15 is 0 Å². The number of nitrogens with zero attached hydrogens (tertiary/aromatic N) is 1. The molecule has 18 heavy (non-hydrogen) atoms. The molecule has 1 aromatic rings. The van der Waals surface area contributed by atoms with Crippen molar-refractivity contribution in [3.05, 3.63) is 35.4 Å². The fraction of sp³-hybridized carbons (Fsp3) is 0.533. The molecule has 0 aromatic heterocycles. The molecule has 0 spiro atoms. The van der Waals surface area contributed by atoms with Crippen LogP contribution in [0.2, 0.25) is 0 Å². The van der Waals surface area contributed by atoms with Gasteiger partial charge in [-0.3, -0.25) is 4.79 Å². The highest BCUT2D eigenvalue weighted by Crippen LogP contribution is 2.23. The van der Waals surface area contributed by atoms with Crippen molar-refractivity contribution >= 4 is 5.91 Å². The predicted molar refractivity (Wildman–Crippen MR) is 71.1 cm³/mol. The normalized spacial score (nSPS) is 21.4. The van der Waals surface area contributed by atoms with E-state index in [-0.39, 0.29) is 5.91 Å². The maximum atomic E-state index is 11.8. The van der Waals surface area contributed by atoms with Crippen LogP contribution in [0, 0.1) is 12.8 Å². The Labute approximate surface area is 108 Å². The van der Waals surface area contributed by atoms with E-state index in [0.717, 1.165) is 24.1 Å². The van der Waals surface area contributed by atoms with Crippen molar-refractivity contribution in [3.8, 4) is 0 Å². The van der Waals surface area contributed by atoms with Crippen LogP contribution in [0.15, 0.2) is 24.3 Å². The maximum Gasteiger partial charge on any atom is 0.223 e. The van der Waals surface area contributed by atoms with Gasteiger partial charge in [0.05, 0.1) is 12.6 Å². The SMILES string of the molecule is CCC1CC(=O)N(CC(O)c2cccc(C)c2)C1. The van der Waals surface area contributed by atoms with Gasteiger partial charge in [0.2, 0.25) is 5.91 Å². The third kappa shape index (κ3) is 2.91. The Morgan fingerprint density at radius 1 is 1.50 bits per heavy atom. The first-order chi connectivity index (χ1) is 8.60. The summed E-state index contributed by atoms with van der Waals surface area (Å²) < 4.78 is 0. The summed E-state index contributed by atoms with van der Waals surface area (Å²) in [5.41, 5.74) is 2.02. The lowest BCUT2D eigenvalue weighted by molar-refractivity contribution is -0.129. The van der Waals surface area contributed by atoms with Gasteiger partial charge in [-0.25, -0.2) is 0 Å². The zero-order valence-corrected chi connectivity index (χ0v) is 11.1. The predicted octanol–water partition coefficient (Wildman–Crippen LogP) is 2.29. The molecule has 2 rings (SSSR count). The molecular weight excluding hydrogens is 226 g/mol. The first-order valence-electron chi connectivity index (χ1n) is 6.62. The Bertz CT molecular complexity index is 430. The molecule has 0 saturated carbocycles. The number of aryl methyl sites for hydroxylation is 1. The van der Waals surface area contributed by atoms with E-state index in [1.54, 1.807) is 4.90 Å². The number of amides is 1. The van der Waals surface area contributed by atoms with E-state index in [2.05, 4.69) is 6.92 Å². The molecule has 1 aliphatic rings. The number of benzene rings is 1. The number of hydrogen-bond donors (Lipinski definition) is 1. The highest BCUT2D eigenvalue weighted by atomic mass is 16.3. The van der Waals surface area contributed by atoms with Gasteiger partial charge in [-0.1, -0.05) is 43.2 Å². The Morgan fingerprint density at radius 3 is 2.89 bits per heavy atom. The van der Waals surface area contributed by atoms with Gasteiger partial charge in [0.15, 0.2) is 0 Å². The molecule has 1 saturated heterocycles. The molecule has 0 radical (unpaired) electrons. The quantitative estimate of drug-likeness (QED) is 0.886. The van der Waals surface area contributed by atoms with E-state index in [1.807, 2.05) is 31.2 Å². The van der Waals surface area contributed by atoms with Crippen molar-refractivity contribution in [2.45, 2.75) is 32.8 Å². The van der Waals surface area contributed by atoms with Crippen molar-refractivity contribution in [1.29, 1.82) is 0 Å². The second kappa shape index (κ2) is 5.53. The van der Waals surface area contributed by atoms with Crippen LogP contribution in [0.3, 0.4) is 0 Å². The Hall–Kier alpha value is -1.35. The standard InChI is InChI=1S/C15H21NO2/c1-3-12-8-15(18)16(9-12)10-14(17)13-6-4-5-11(2)7-13/h4-7,12,14,17H,3,8-10H2,1-2H3. The van der Waals surface area contributed by atoms with Gasteiger partial charge in [-0.05, 0) is 18.4 Å². The van der Waals surface area contributed by atoms with Crippen LogP contribution in [-0.2, 0) is 4.79 Å². The Balaban J connectivity index is 1.99. The van der Waals surface area contributed by atoms with Crippen molar-refractivity contribution in [1.82, 2.24) is 4.90 Å². The molecule has 2 atom stereocenters. The van der Waals surface area contributed by atoms with Crippen LogP contribution >= 0.6 is 0 Å². The third-order valence-corrected chi connectivity index (χ3v) is 3.69. The first-order valence-corrected chi connectivity index (χ1v) is 6.62. The highest BCUT2D eigenvalue weighted by Gasteiger charge is 2.29. The van der Waals surface area contributed by atoms with E-state index < -0.39 is 6.10 Å². The topological polar surface area (TPSA) is 40.5 Å². The number of aliphatic hydroxyl groups is 1. The molecule has 1 aliphatic heterocycles. The molecular formula is C15H21NO2. The van der Waals surface area contributed by atoms with Gasteiger partial charge in [0, 0.05) is 13.0 Å². The largest absolute Gasteiger partial charge is 0.387 e. The average Bonchev–Trinajstić information content (AvgIpc) is 2.70. The minimum atomic E-state index is -0.579. The molecule has 1 amide bonds. The summed E-state index contributed by atoms with van der Waals surface area (Å²) in [5, 5.41) is 10.2. The average molecular weight is 247 g/mol. The van der Waals surface area contributed by atoms with Gasteiger partial charge in [0.25, 0.3) is 0 Å². The smallest absolute Gasteiger partial charge is 0.223 e. The second-order valence-corrected chi connectivity index (χ2v) is 5.21. The summed E-state index contributed by atoms with van der Waals surface area (Å²) in [6, 6.07) is 7.83. The van der Waals surface area contributed by atoms with E-state index in [0.29, 0.717) is 18.9 Å². The summed E-state index contributed by atoms with van der Waals surface area (Å²) in [4.78, 5) is 13.6. The van der Waals surface area contributed by atoms with Crippen molar-refractivity contribution in [2.24, 2.45) is 5.92 Å². The fourth-order valence-corrected chi connectivity index (χ4v) is 2.50. The van der Waals surface area contributed by atoms with Gasteiger partial charge >= 0.3 is 0 Å². The lowest BCUT2D eigenvalue weighted by Gasteiger charge is -2.21. The second-order valence-electron chi connectivity index (χ2n) is 5.21. The van der Waals surface area contributed by atoms with Crippen LogP contribution < -0.4 is 0 Å². The van der Waals surface area contributed by atoms with Crippen molar-refractivity contribution in [3.63, 3.8) is 0 Å². The van der Waals surface area contributed by atoms with E-state index in [4.69, 9.17) is 0 Å². The number of carbonyl (C=O) groups is 1. The molecule has 1 heterocycles. The maximum absolute atomic E-state index is 11.8.